The summed E-state index contributed by atoms with van der Waals surface area (Å²) in [7, 11) is 0. The van der Waals surface area contributed by atoms with Crippen LogP contribution in [-0.4, -0.2) is 33.4 Å². The van der Waals surface area contributed by atoms with Gasteiger partial charge in [-0.15, -0.1) is 0 Å². The Balaban J connectivity index is 2.02. The standard InChI is InChI=1S/C17H22FN3O2/c1-3-12(4-2)16(22)11-19-17(23)13-6-7-15(14(18)10-13)21-9-5-8-20-21/h5-10,12,16,22H,3-4,11H2,1-2H3,(H,19,23). The first-order valence-corrected chi connectivity index (χ1v) is 7.82. The zero-order valence-corrected chi connectivity index (χ0v) is 13.4. The molecule has 1 atom stereocenters. The molecule has 0 radical (unpaired) electrons. The van der Waals surface area contributed by atoms with Gasteiger partial charge in [0.05, 0.1) is 6.10 Å². The first-order valence-electron chi connectivity index (χ1n) is 7.82. The number of benzene rings is 1. The molecule has 0 aliphatic carbocycles. The number of hydrogen-bond acceptors (Lipinski definition) is 3. The summed E-state index contributed by atoms with van der Waals surface area (Å²) in [6, 6.07) is 5.92. The van der Waals surface area contributed by atoms with Gasteiger partial charge in [0, 0.05) is 24.5 Å². The van der Waals surface area contributed by atoms with Crippen LogP contribution in [0.1, 0.15) is 37.0 Å². The molecule has 2 N–H and O–H groups in total. The second kappa shape index (κ2) is 7.87. The highest BCUT2D eigenvalue weighted by Crippen LogP contribution is 2.15. The number of nitrogens with one attached hydrogen (secondary N) is 1. The molecule has 23 heavy (non-hydrogen) atoms. The summed E-state index contributed by atoms with van der Waals surface area (Å²) in [5.41, 5.74) is 0.499. The lowest BCUT2D eigenvalue weighted by atomic mass is 9.96. The summed E-state index contributed by atoms with van der Waals surface area (Å²) in [6.45, 7) is 4.17. The highest BCUT2D eigenvalue weighted by molar-refractivity contribution is 5.94. The number of rotatable bonds is 7. The maximum absolute atomic E-state index is 14.1. The highest BCUT2D eigenvalue weighted by Gasteiger charge is 2.17. The Kier molecular flexibility index (Phi) is 5.87. The van der Waals surface area contributed by atoms with Crippen molar-refractivity contribution in [1.29, 1.82) is 0 Å². The van der Waals surface area contributed by atoms with Gasteiger partial charge >= 0.3 is 0 Å². The molecule has 0 aliphatic rings. The van der Waals surface area contributed by atoms with Crippen LogP contribution in [0.2, 0.25) is 0 Å². The Morgan fingerprint density at radius 3 is 2.70 bits per heavy atom. The first-order chi connectivity index (χ1) is 11.1. The second-order valence-electron chi connectivity index (χ2n) is 5.47. The van der Waals surface area contributed by atoms with E-state index in [0.717, 1.165) is 12.8 Å². The minimum atomic E-state index is -0.595. The highest BCUT2D eigenvalue weighted by atomic mass is 19.1. The minimum Gasteiger partial charge on any atom is -0.391 e. The molecule has 1 aromatic heterocycles. The molecule has 0 spiro atoms. The predicted molar refractivity (Wildman–Crippen MR) is 85.9 cm³/mol. The Labute approximate surface area is 135 Å². The number of carbonyl (C=O) groups is 1. The van der Waals surface area contributed by atoms with Gasteiger partial charge in [-0.1, -0.05) is 26.7 Å². The minimum absolute atomic E-state index is 0.147. The molecule has 2 aromatic rings. The van der Waals surface area contributed by atoms with Crippen LogP contribution in [0.15, 0.2) is 36.7 Å². The lowest BCUT2D eigenvalue weighted by Gasteiger charge is -2.20. The van der Waals surface area contributed by atoms with Crippen molar-refractivity contribution >= 4 is 5.91 Å². The van der Waals surface area contributed by atoms with E-state index in [1.54, 1.807) is 24.5 Å². The molecule has 6 heteroatoms. The van der Waals surface area contributed by atoms with E-state index >= 15 is 0 Å². The molecule has 0 bridgehead atoms. The van der Waals surface area contributed by atoms with Crippen molar-refractivity contribution in [3.8, 4) is 5.69 Å². The fourth-order valence-corrected chi connectivity index (χ4v) is 2.54. The van der Waals surface area contributed by atoms with Crippen LogP contribution in [0.5, 0.6) is 0 Å². The van der Waals surface area contributed by atoms with Crippen LogP contribution in [0, 0.1) is 11.7 Å². The number of aromatic nitrogens is 2. The molecule has 124 valence electrons. The maximum Gasteiger partial charge on any atom is 0.251 e. The average molecular weight is 319 g/mol. The van der Waals surface area contributed by atoms with Gasteiger partial charge in [-0.3, -0.25) is 4.79 Å². The summed E-state index contributed by atoms with van der Waals surface area (Å²) in [5, 5.41) is 16.6. The van der Waals surface area contributed by atoms with Crippen LogP contribution in [0.25, 0.3) is 5.69 Å². The summed E-state index contributed by atoms with van der Waals surface area (Å²) >= 11 is 0. The molecule has 0 fully saturated rings. The van der Waals surface area contributed by atoms with E-state index in [-0.39, 0.29) is 23.7 Å². The maximum atomic E-state index is 14.1. The van der Waals surface area contributed by atoms with Crippen LogP contribution in [0.3, 0.4) is 0 Å². The van der Waals surface area contributed by atoms with Crippen molar-refractivity contribution in [3.05, 3.63) is 48.0 Å². The lowest BCUT2D eigenvalue weighted by Crippen LogP contribution is -2.36. The van der Waals surface area contributed by atoms with Crippen molar-refractivity contribution in [1.82, 2.24) is 15.1 Å². The van der Waals surface area contributed by atoms with Crippen molar-refractivity contribution in [2.75, 3.05) is 6.54 Å². The van der Waals surface area contributed by atoms with E-state index in [2.05, 4.69) is 10.4 Å². The lowest BCUT2D eigenvalue weighted by molar-refractivity contribution is 0.0816. The fourth-order valence-electron chi connectivity index (χ4n) is 2.54. The molecule has 1 amide bonds. The Hall–Kier alpha value is -2.21. The zero-order valence-electron chi connectivity index (χ0n) is 13.4. The number of aliphatic hydroxyl groups excluding tert-OH is 1. The predicted octanol–water partition coefficient (Wildman–Crippen LogP) is 2.54. The van der Waals surface area contributed by atoms with Gasteiger partial charge in [0.25, 0.3) is 5.91 Å². The SMILES string of the molecule is CCC(CC)C(O)CNC(=O)c1ccc(-n2cccn2)c(F)c1. The third-order valence-electron chi connectivity index (χ3n) is 4.03. The number of carbonyl (C=O) groups excluding carboxylic acids is 1. The smallest absolute Gasteiger partial charge is 0.251 e. The van der Waals surface area contributed by atoms with Gasteiger partial charge in [0.2, 0.25) is 0 Å². The van der Waals surface area contributed by atoms with Crippen molar-refractivity contribution in [2.24, 2.45) is 5.92 Å². The van der Waals surface area contributed by atoms with E-state index in [1.165, 1.54) is 16.8 Å². The van der Waals surface area contributed by atoms with Crippen molar-refractivity contribution < 1.29 is 14.3 Å². The van der Waals surface area contributed by atoms with Gasteiger partial charge in [-0.05, 0) is 30.2 Å². The Morgan fingerprint density at radius 2 is 2.13 bits per heavy atom. The van der Waals surface area contributed by atoms with E-state index in [9.17, 15) is 14.3 Å². The topological polar surface area (TPSA) is 67.2 Å². The molecule has 0 aliphatic heterocycles. The third kappa shape index (κ3) is 4.16. The van der Waals surface area contributed by atoms with Crippen LogP contribution in [0.4, 0.5) is 4.39 Å². The number of halogens is 1. The van der Waals surface area contributed by atoms with E-state index in [1.807, 2.05) is 13.8 Å². The van der Waals surface area contributed by atoms with Crippen LogP contribution in [-0.2, 0) is 0 Å². The molecular weight excluding hydrogens is 297 g/mol. The van der Waals surface area contributed by atoms with E-state index in [0.29, 0.717) is 0 Å². The van der Waals surface area contributed by atoms with Crippen LogP contribution < -0.4 is 5.32 Å². The van der Waals surface area contributed by atoms with Gasteiger partial charge in [-0.2, -0.15) is 5.10 Å². The summed E-state index contributed by atoms with van der Waals surface area (Å²) < 4.78 is 15.5. The first kappa shape index (κ1) is 17.1. The number of aliphatic hydroxyl groups is 1. The van der Waals surface area contributed by atoms with Gasteiger partial charge in [-0.25, -0.2) is 9.07 Å². The number of hydrogen-bond donors (Lipinski definition) is 2. The molecule has 1 heterocycles. The summed E-state index contributed by atoms with van der Waals surface area (Å²) in [6.07, 6.45) is 4.28. The number of nitrogens with zero attached hydrogens (tertiary/aromatic N) is 2. The molecule has 0 saturated heterocycles. The largest absolute Gasteiger partial charge is 0.391 e. The Morgan fingerprint density at radius 1 is 1.39 bits per heavy atom. The quantitative estimate of drug-likeness (QED) is 0.824. The van der Waals surface area contributed by atoms with E-state index in [4.69, 9.17) is 0 Å². The summed E-state index contributed by atoms with van der Waals surface area (Å²) in [5.74, 6) is -0.781. The Bertz CT molecular complexity index is 639. The monoisotopic (exact) mass is 319 g/mol. The van der Waals surface area contributed by atoms with Crippen molar-refractivity contribution in [2.45, 2.75) is 32.8 Å². The van der Waals surface area contributed by atoms with Crippen molar-refractivity contribution in [3.63, 3.8) is 0 Å². The normalized spacial score (nSPS) is 12.4. The molecular formula is C17H22FN3O2. The summed E-state index contributed by atoms with van der Waals surface area (Å²) in [4.78, 5) is 12.1. The average Bonchev–Trinajstić information content (AvgIpc) is 3.07. The van der Waals surface area contributed by atoms with E-state index < -0.39 is 17.8 Å². The van der Waals surface area contributed by atoms with Crippen LogP contribution >= 0.6 is 0 Å². The molecule has 1 aromatic carbocycles. The van der Waals surface area contributed by atoms with Gasteiger partial charge in [0.1, 0.15) is 11.5 Å². The number of amides is 1. The zero-order chi connectivity index (χ0) is 16.8. The van der Waals surface area contributed by atoms with Gasteiger partial charge < -0.3 is 10.4 Å². The molecule has 2 rings (SSSR count). The molecule has 0 saturated carbocycles. The third-order valence-corrected chi connectivity index (χ3v) is 4.03. The fraction of sp³-hybridized carbons (Fsp3) is 0.412. The molecule has 5 nitrogen and oxygen atoms in total. The molecule has 1 unspecified atom stereocenters. The second-order valence-corrected chi connectivity index (χ2v) is 5.47. The van der Waals surface area contributed by atoms with Gasteiger partial charge in [0.15, 0.2) is 0 Å².